The van der Waals surface area contributed by atoms with Crippen molar-refractivity contribution >= 4 is 11.8 Å². The van der Waals surface area contributed by atoms with Gasteiger partial charge >= 0.3 is 0 Å². The standard InChI is InChI=1S/C20H24N4O2/c25-19(14-18-16-4-1-2-5-17(16)20(26)22-18)23-11-6-15(7-12-23)8-13-24-10-3-9-21-24/h1-5,9-10,15,18H,6-8,11-14H2,(H,22,26)/t18-/m0/s1. The number of hydrogen-bond acceptors (Lipinski definition) is 3. The van der Waals surface area contributed by atoms with Gasteiger partial charge in [0.25, 0.3) is 5.91 Å². The molecule has 0 bridgehead atoms. The Morgan fingerprint density at radius 1 is 1.19 bits per heavy atom. The van der Waals surface area contributed by atoms with Crippen LogP contribution in [0.2, 0.25) is 0 Å². The highest BCUT2D eigenvalue weighted by molar-refractivity contribution is 5.99. The first kappa shape index (κ1) is 16.8. The van der Waals surface area contributed by atoms with Crippen LogP contribution in [0.1, 0.15) is 47.6 Å². The lowest BCUT2D eigenvalue weighted by molar-refractivity contribution is -0.133. The van der Waals surface area contributed by atoms with Crippen molar-refractivity contribution in [3.05, 3.63) is 53.9 Å². The molecule has 1 aromatic carbocycles. The van der Waals surface area contributed by atoms with Crippen LogP contribution in [-0.2, 0) is 11.3 Å². The van der Waals surface area contributed by atoms with Gasteiger partial charge in [-0.25, -0.2) is 0 Å². The second-order valence-corrected chi connectivity index (χ2v) is 7.20. The largest absolute Gasteiger partial charge is 0.345 e. The first-order valence-electron chi connectivity index (χ1n) is 9.35. The molecule has 0 unspecified atom stereocenters. The average Bonchev–Trinajstić information content (AvgIpc) is 3.29. The number of likely N-dealkylation sites (tertiary alicyclic amines) is 1. The lowest BCUT2D eigenvalue weighted by Gasteiger charge is -2.32. The Kier molecular flexibility index (Phi) is 4.73. The third-order valence-corrected chi connectivity index (χ3v) is 5.56. The third-order valence-electron chi connectivity index (χ3n) is 5.56. The van der Waals surface area contributed by atoms with E-state index in [0.29, 0.717) is 17.9 Å². The zero-order valence-corrected chi connectivity index (χ0v) is 14.8. The topological polar surface area (TPSA) is 67.2 Å². The lowest BCUT2D eigenvalue weighted by atomic mass is 9.93. The molecule has 1 saturated heterocycles. The highest BCUT2D eigenvalue weighted by Crippen LogP contribution is 2.29. The summed E-state index contributed by atoms with van der Waals surface area (Å²) in [5, 5.41) is 7.18. The molecule has 3 heterocycles. The molecule has 1 atom stereocenters. The molecule has 6 nitrogen and oxygen atoms in total. The van der Waals surface area contributed by atoms with Gasteiger partial charge in [-0.2, -0.15) is 5.10 Å². The molecule has 136 valence electrons. The predicted octanol–water partition coefficient (Wildman–Crippen LogP) is 2.39. The van der Waals surface area contributed by atoms with Crippen LogP contribution in [0.15, 0.2) is 42.7 Å². The van der Waals surface area contributed by atoms with E-state index in [1.807, 2.05) is 46.1 Å². The van der Waals surface area contributed by atoms with Crippen molar-refractivity contribution in [2.24, 2.45) is 5.92 Å². The van der Waals surface area contributed by atoms with Crippen molar-refractivity contribution < 1.29 is 9.59 Å². The summed E-state index contributed by atoms with van der Waals surface area (Å²) in [6.07, 6.45) is 7.34. The number of benzene rings is 1. The Morgan fingerprint density at radius 2 is 2.00 bits per heavy atom. The van der Waals surface area contributed by atoms with Crippen molar-refractivity contribution in [3.8, 4) is 0 Å². The van der Waals surface area contributed by atoms with E-state index in [2.05, 4.69) is 10.4 Å². The minimum Gasteiger partial charge on any atom is -0.345 e. The van der Waals surface area contributed by atoms with Crippen LogP contribution in [-0.4, -0.2) is 39.6 Å². The zero-order chi connectivity index (χ0) is 17.9. The van der Waals surface area contributed by atoms with E-state index in [4.69, 9.17) is 0 Å². The van der Waals surface area contributed by atoms with Gasteiger partial charge in [0, 0.05) is 37.6 Å². The number of carbonyl (C=O) groups is 2. The number of nitrogens with one attached hydrogen (secondary N) is 1. The molecule has 2 amide bonds. The number of fused-ring (bicyclic) bond motifs is 1. The number of hydrogen-bond donors (Lipinski definition) is 1. The van der Waals surface area contributed by atoms with E-state index < -0.39 is 0 Å². The maximum absolute atomic E-state index is 12.7. The molecule has 1 aromatic heterocycles. The fourth-order valence-corrected chi connectivity index (χ4v) is 4.00. The average molecular weight is 352 g/mol. The summed E-state index contributed by atoms with van der Waals surface area (Å²) in [6.45, 7) is 2.56. The van der Waals surface area contributed by atoms with Gasteiger partial charge in [-0.05, 0) is 42.9 Å². The van der Waals surface area contributed by atoms with E-state index in [-0.39, 0.29) is 17.9 Å². The Bertz CT molecular complexity index is 779. The summed E-state index contributed by atoms with van der Waals surface area (Å²) >= 11 is 0. The number of carbonyl (C=O) groups excluding carboxylic acids is 2. The fourth-order valence-electron chi connectivity index (χ4n) is 4.00. The molecule has 26 heavy (non-hydrogen) atoms. The molecule has 1 N–H and O–H groups in total. The van der Waals surface area contributed by atoms with Gasteiger partial charge in [0.05, 0.1) is 12.5 Å². The SMILES string of the molecule is O=C1N[C@@H](CC(=O)N2CCC(CCn3cccn3)CC2)c2ccccc21. The van der Waals surface area contributed by atoms with Gasteiger partial charge < -0.3 is 10.2 Å². The molecule has 0 aliphatic carbocycles. The van der Waals surface area contributed by atoms with Crippen molar-refractivity contribution in [2.45, 2.75) is 38.3 Å². The molecule has 2 aromatic rings. The minimum absolute atomic E-state index is 0.0734. The highest BCUT2D eigenvalue weighted by Gasteiger charge is 2.31. The first-order chi connectivity index (χ1) is 12.7. The molecular formula is C20H24N4O2. The maximum Gasteiger partial charge on any atom is 0.252 e. The number of aromatic nitrogens is 2. The summed E-state index contributed by atoms with van der Waals surface area (Å²) in [6, 6.07) is 9.29. The van der Waals surface area contributed by atoms with E-state index in [9.17, 15) is 9.59 Å². The fraction of sp³-hybridized carbons (Fsp3) is 0.450. The second kappa shape index (κ2) is 7.32. The summed E-state index contributed by atoms with van der Waals surface area (Å²) in [7, 11) is 0. The number of piperidine rings is 1. The van der Waals surface area contributed by atoms with Gasteiger partial charge in [-0.1, -0.05) is 18.2 Å². The number of nitrogens with zero attached hydrogens (tertiary/aromatic N) is 3. The van der Waals surface area contributed by atoms with Crippen molar-refractivity contribution in [1.29, 1.82) is 0 Å². The maximum atomic E-state index is 12.7. The summed E-state index contributed by atoms with van der Waals surface area (Å²) in [5.41, 5.74) is 1.64. The van der Waals surface area contributed by atoms with Crippen LogP contribution in [0.5, 0.6) is 0 Å². The molecular weight excluding hydrogens is 328 g/mol. The smallest absolute Gasteiger partial charge is 0.252 e. The summed E-state index contributed by atoms with van der Waals surface area (Å²) < 4.78 is 1.97. The van der Waals surface area contributed by atoms with E-state index >= 15 is 0 Å². The predicted molar refractivity (Wildman–Crippen MR) is 97.4 cm³/mol. The Morgan fingerprint density at radius 3 is 2.77 bits per heavy atom. The monoisotopic (exact) mass is 352 g/mol. The van der Waals surface area contributed by atoms with Crippen LogP contribution in [0.4, 0.5) is 0 Å². The van der Waals surface area contributed by atoms with Gasteiger partial charge in [0.2, 0.25) is 5.91 Å². The van der Waals surface area contributed by atoms with E-state index in [0.717, 1.165) is 44.5 Å². The van der Waals surface area contributed by atoms with Crippen molar-refractivity contribution in [1.82, 2.24) is 20.0 Å². The van der Waals surface area contributed by atoms with Gasteiger partial charge in [0.15, 0.2) is 0 Å². The molecule has 0 spiro atoms. The van der Waals surface area contributed by atoms with Crippen LogP contribution < -0.4 is 5.32 Å². The molecule has 6 heteroatoms. The van der Waals surface area contributed by atoms with Gasteiger partial charge in [-0.3, -0.25) is 14.3 Å². The molecule has 0 saturated carbocycles. The van der Waals surface area contributed by atoms with Crippen molar-refractivity contribution in [2.75, 3.05) is 13.1 Å². The molecule has 4 rings (SSSR count). The quantitative estimate of drug-likeness (QED) is 0.898. The Balaban J connectivity index is 1.27. The number of aryl methyl sites for hydroxylation is 1. The molecule has 2 aliphatic heterocycles. The first-order valence-corrected chi connectivity index (χ1v) is 9.35. The molecule has 0 radical (unpaired) electrons. The van der Waals surface area contributed by atoms with E-state index in [1.54, 1.807) is 6.20 Å². The van der Waals surface area contributed by atoms with Gasteiger partial charge in [-0.15, -0.1) is 0 Å². The minimum atomic E-state index is -0.191. The van der Waals surface area contributed by atoms with E-state index in [1.165, 1.54) is 0 Å². The molecule has 1 fully saturated rings. The zero-order valence-electron chi connectivity index (χ0n) is 14.8. The van der Waals surface area contributed by atoms with Crippen LogP contribution in [0.3, 0.4) is 0 Å². The normalized spacial score (nSPS) is 20.1. The third kappa shape index (κ3) is 3.49. The summed E-state index contributed by atoms with van der Waals surface area (Å²) in [5.74, 6) is 0.711. The summed E-state index contributed by atoms with van der Waals surface area (Å²) in [4.78, 5) is 26.6. The van der Waals surface area contributed by atoms with Crippen LogP contribution >= 0.6 is 0 Å². The Labute approximate surface area is 153 Å². The van der Waals surface area contributed by atoms with Crippen LogP contribution in [0.25, 0.3) is 0 Å². The Hall–Kier alpha value is -2.63. The number of amides is 2. The highest BCUT2D eigenvalue weighted by atomic mass is 16.2. The van der Waals surface area contributed by atoms with Crippen molar-refractivity contribution in [3.63, 3.8) is 0 Å². The molecule has 2 aliphatic rings. The van der Waals surface area contributed by atoms with Gasteiger partial charge in [0.1, 0.15) is 0 Å². The lowest BCUT2D eigenvalue weighted by Crippen LogP contribution is -2.40. The second-order valence-electron chi connectivity index (χ2n) is 7.20. The number of rotatable bonds is 5. The van der Waals surface area contributed by atoms with Crippen LogP contribution in [0, 0.1) is 5.92 Å².